The van der Waals surface area contributed by atoms with Gasteiger partial charge in [0.1, 0.15) is 5.84 Å². The van der Waals surface area contributed by atoms with Gasteiger partial charge in [-0.3, -0.25) is 9.89 Å². The second-order valence-electron chi connectivity index (χ2n) is 16.0. The molecule has 4 aromatic rings. The first-order chi connectivity index (χ1) is 23.7. The highest BCUT2D eigenvalue weighted by atomic mass is 16.7. The van der Waals surface area contributed by atoms with Crippen LogP contribution >= 0.6 is 0 Å². The molecule has 4 aromatic carbocycles. The third-order valence-corrected chi connectivity index (χ3v) is 11.7. The lowest BCUT2D eigenvalue weighted by molar-refractivity contribution is 0.00578. The lowest BCUT2D eigenvalue weighted by Crippen LogP contribution is -2.41. The molecule has 0 amide bonds. The summed E-state index contributed by atoms with van der Waals surface area (Å²) in [6, 6.07) is 28.3. The van der Waals surface area contributed by atoms with Crippen LogP contribution in [0.25, 0.3) is 27.2 Å². The van der Waals surface area contributed by atoms with Crippen molar-refractivity contribution in [1.29, 1.82) is 0 Å². The molecule has 0 radical (unpaired) electrons. The predicted molar refractivity (Wildman–Crippen MR) is 208 cm³/mol. The maximum absolute atomic E-state index is 6.44. The van der Waals surface area contributed by atoms with Crippen molar-refractivity contribution in [2.75, 3.05) is 11.4 Å². The van der Waals surface area contributed by atoms with Gasteiger partial charge in [-0.25, -0.2) is 0 Å². The van der Waals surface area contributed by atoms with Gasteiger partial charge in [-0.1, -0.05) is 91.0 Å². The summed E-state index contributed by atoms with van der Waals surface area (Å²) in [5, 5.41) is 4.73. The van der Waals surface area contributed by atoms with Crippen LogP contribution in [0.1, 0.15) is 67.4 Å². The van der Waals surface area contributed by atoms with E-state index in [9.17, 15) is 0 Å². The van der Waals surface area contributed by atoms with Gasteiger partial charge in [0.25, 0.3) is 0 Å². The van der Waals surface area contributed by atoms with Crippen molar-refractivity contribution < 1.29 is 18.6 Å². The summed E-state index contributed by atoms with van der Waals surface area (Å²) in [6.07, 6.45) is 9.80. The van der Waals surface area contributed by atoms with Crippen molar-refractivity contribution in [3.63, 3.8) is 0 Å². The summed E-state index contributed by atoms with van der Waals surface area (Å²) in [6.45, 7) is 17.4. The molecule has 2 saturated heterocycles. The molecular weight excluding hydrogens is 618 g/mol. The fourth-order valence-electron chi connectivity index (χ4n) is 7.28. The van der Waals surface area contributed by atoms with E-state index in [-0.39, 0.29) is 24.1 Å². The Morgan fingerprint density at radius 3 is 1.80 bits per heavy atom. The second kappa shape index (κ2) is 11.8. The molecule has 6 nitrogen and oxygen atoms in total. The zero-order valence-corrected chi connectivity index (χ0v) is 30.5. The van der Waals surface area contributed by atoms with E-state index < -0.39 is 18.3 Å². The summed E-state index contributed by atoms with van der Waals surface area (Å²) >= 11 is 0. The van der Waals surface area contributed by atoms with E-state index >= 15 is 0 Å². The Kier molecular flexibility index (Phi) is 7.85. The zero-order chi connectivity index (χ0) is 35.1. The summed E-state index contributed by atoms with van der Waals surface area (Å²) in [5.74, 6) is 1.05. The molecule has 0 spiro atoms. The molecule has 1 aliphatic carbocycles. The number of fused-ring (bicyclic) bond motifs is 2. The molecule has 4 aliphatic rings. The molecule has 0 aromatic heterocycles. The fourth-order valence-corrected chi connectivity index (χ4v) is 7.28. The molecule has 254 valence electrons. The number of allylic oxidation sites excluding steroid dienone is 2. The molecule has 0 N–H and O–H groups in total. The summed E-state index contributed by atoms with van der Waals surface area (Å²) < 4.78 is 25.7. The Morgan fingerprint density at radius 2 is 1.24 bits per heavy atom. The minimum atomic E-state index is -0.418. The van der Waals surface area contributed by atoms with E-state index in [0.717, 1.165) is 40.2 Å². The first-order valence-corrected chi connectivity index (χ1v) is 17.9. The van der Waals surface area contributed by atoms with Gasteiger partial charge in [-0.2, -0.15) is 0 Å². The number of anilines is 1. The van der Waals surface area contributed by atoms with Gasteiger partial charge < -0.3 is 18.6 Å². The number of benzene rings is 4. The van der Waals surface area contributed by atoms with Crippen molar-refractivity contribution in [2.45, 2.75) is 90.0 Å². The fraction of sp³-hybridized carbons (Fsp3) is 0.357. The maximum atomic E-state index is 6.44. The van der Waals surface area contributed by atoms with Crippen molar-refractivity contribution in [1.82, 2.24) is 0 Å². The average molecular weight is 664 g/mol. The van der Waals surface area contributed by atoms with Crippen LogP contribution in [0, 0.1) is 0 Å². The molecule has 1 atom stereocenters. The van der Waals surface area contributed by atoms with Crippen LogP contribution in [0.15, 0.2) is 114 Å². The maximum Gasteiger partial charge on any atom is 0.494 e. The summed E-state index contributed by atoms with van der Waals surface area (Å²) in [7, 11) is -0.711. The Bertz CT molecular complexity index is 2030. The van der Waals surface area contributed by atoms with E-state index in [1.807, 2.05) is 0 Å². The van der Waals surface area contributed by atoms with Gasteiger partial charge in [0.05, 0.1) is 40.3 Å². The van der Waals surface area contributed by atoms with Gasteiger partial charge in [0.2, 0.25) is 0 Å². The van der Waals surface area contributed by atoms with E-state index in [4.69, 9.17) is 23.6 Å². The monoisotopic (exact) mass is 664 g/mol. The minimum Gasteiger partial charge on any atom is -0.403 e. The highest BCUT2D eigenvalue weighted by molar-refractivity contribution is 6.62. The Morgan fingerprint density at radius 1 is 0.680 bits per heavy atom. The molecule has 3 heterocycles. The van der Waals surface area contributed by atoms with E-state index in [2.05, 4.69) is 163 Å². The minimum absolute atomic E-state index is 0.119. The summed E-state index contributed by atoms with van der Waals surface area (Å²) in [5.41, 5.74) is 3.89. The number of hydrogen-bond donors (Lipinski definition) is 0. The van der Waals surface area contributed by atoms with E-state index in [1.54, 1.807) is 0 Å². The largest absolute Gasteiger partial charge is 0.494 e. The van der Waals surface area contributed by atoms with Gasteiger partial charge >= 0.3 is 14.2 Å². The highest BCUT2D eigenvalue weighted by Crippen LogP contribution is 2.45. The van der Waals surface area contributed by atoms with Gasteiger partial charge in [-0.15, -0.1) is 0 Å². The Labute approximate surface area is 297 Å². The van der Waals surface area contributed by atoms with Crippen molar-refractivity contribution in [3.8, 4) is 0 Å². The molecule has 50 heavy (non-hydrogen) atoms. The molecule has 8 rings (SSSR count). The molecule has 0 saturated carbocycles. The smallest absolute Gasteiger partial charge is 0.403 e. The van der Waals surface area contributed by atoms with Gasteiger partial charge in [0, 0.05) is 22.2 Å². The van der Waals surface area contributed by atoms with Crippen LogP contribution in [0.2, 0.25) is 5.82 Å². The first-order valence-electron chi connectivity index (χ1n) is 17.9. The predicted octanol–water partition coefficient (Wildman–Crippen LogP) is 8.90. The molecule has 8 heteroatoms. The number of hydrogen-bond acceptors (Lipinski definition) is 6. The van der Waals surface area contributed by atoms with Crippen LogP contribution in [0.3, 0.4) is 0 Å². The number of amidine groups is 1. The normalized spacial score (nSPS) is 23.7. The van der Waals surface area contributed by atoms with Crippen molar-refractivity contribution in [3.05, 3.63) is 114 Å². The van der Waals surface area contributed by atoms with Crippen LogP contribution < -0.4 is 10.4 Å². The van der Waals surface area contributed by atoms with Crippen LogP contribution in [0.4, 0.5) is 5.69 Å². The highest BCUT2D eigenvalue weighted by Gasteiger charge is 2.53. The second-order valence-corrected chi connectivity index (χ2v) is 16.0. The van der Waals surface area contributed by atoms with Crippen LogP contribution in [-0.4, -0.2) is 49.0 Å². The first kappa shape index (κ1) is 33.2. The van der Waals surface area contributed by atoms with Gasteiger partial charge in [0.15, 0.2) is 0 Å². The molecule has 3 aliphatic heterocycles. The summed E-state index contributed by atoms with van der Waals surface area (Å²) in [4.78, 5) is 7.60. The SMILES string of the molecule is CC1(C)OB(c2ccc(C3=CCN=C(C4=CCC(B5OC(C)(C)C(C)(C)O5)C=C4)N3c3c4ccccc4cc4ccccc34)cc2)OC1(C)C. The average Bonchev–Trinajstić information content (AvgIpc) is 3.46. The Balaban J connectivity index is 1.20. The van der Waals surface area contributed by atoms with E-state index in [0.29, 0.717) is 6.54 Å². The van der Waals surface area contributed by atoms with Crippen LogP contribution in [0.5, 0.6) is 0 Å². The topological polar surface area (TPSA) is 52.5 Å². The molecule has 1 unspecified atom stereocenters. The Hall–Kier alpha value is -3.94. The molecule has 2 fully saturated rings. The number of rotatable bonds is 5. The standard InChI is InChI=1S/C42H46B2N2O4/c1-39(2)40(3,4)48-43(47-39)32-21-17-28(18-22-32)36-25-26-45-38(29-19-23-33(24-20-29)44-49-41(5,6)42(7,8)50-44)46(36)37-34-15-11-9-13-30(34)27-31-14-10-12-16-35(31)37/h9-23,25,27,33H,24,26H2,1-8H3. The van der Waals surface area contributed by atoms with Crippen molar-refractivity contribution in [2.24, 2.45) is 4.99 Å². The third-order valence-electron chi connectivity index (χ3n) is 11.7. The lowest BCUT2D eigenvalue weighted by atomic mass is 9.68. The third kappa shape index (κ3) is 5.48. The van der Waals surface area contributed by atoms with Crippen molar-refractivity contribution >= 4 is 58.5 Å². The number of aliphatic imine (C=N–C) groups is 1. The van der Waals surface area contributed by atoms with Gasteiger partial charge in [-0.05, 0) is 95.8 Å². The quantitative estimate of drug-likeness (QED) is 0.158. The molecular formula is C42H46B2N2O4. The molecule has 0 bridgehead atoms. The van der Waals surface area contributed by atoms with Crippen LogP contribution in [-0.2, 0) is 18.6 Å². The lowest BCUT2D eigenvalue weighted by Gasteiger charge is -2.35. The zero-order valence-electron chi connectivity index (χ0n) is 30.5. The van der Waals surface area contributed by atoms with E-state index in [1.165, 1.54) is 21.5 Å². The number of nitrogens with zero attached hydrogens (tertiary/aromatic N) is 2.